The van der Waals surface area contributed by atoms with Gasteiger partial charge in [0.1, 0.15) is 5.82 Å². The second-order valence-corrected chi connectivity index (χ2v) is 5.13. The summed E-state index contributed by atoms with van der Waals surface area (Å²) < 4.78 is 13.3. The van der Waals surface area contributed by atoms with Crippen LogP contribution < -0.4 is 5.32 Å². The number of halogens is 2. The van der Waals surface area contributed by atoms with Crippen molar-refractivity contribution >= 4 is 27.6 Å². The second kappa shape index (κ2) is 6.52. The second-order valence-electron chi connectivity index (χ2n) is 4.27. The first-order valence-electron chi connectivity index (χ1n) is 6.08. The van der Waals surface area contributed by atoms with Crippen molar-refractivity contribution in [2.75, 3.05) is 11.9 Å². The molecule has 0 aliphatic carbocycles. The van der Waals surface area contributed by atoms with E-state index in [1.165, 1.54) is 12.1 Å². The number of carboxylic acid groups (broad SMARTS) is 1. The summed E-state index contributed by atoms with van der Waals surface area (Å²) in [4.78, 5) is 11.2. The largest absolute Gasteiger partial charge is 0.478 e. The summed E-state index contributed by atoms with van der Waals surface area (Å²) in [5.41, 5.74) is 1.77. The number of carbonyl (C=O) groups is 1. The molecule has 3 nitrogen and oxygen atoms in total. The Morgan fingerprint density at radius 2 is 1.90 bits per heavy atom. The Bertz CT molecular complexity index is 614. The number of rotatable bonds is 5. The van der Waals surface area contributed by atoms with E-state index in [1.807, 2.05) is 0 Å². The van der Waals surface area contributed by atoms with Gasteiger partial charge >= 0.3 is 5.97 Å². The maximum atomic E-state index is 12.8. The van der Waals surface area contributed by atoms with Crippen LogP contribution in [-0.4, -0.2) is 17.6 Å². The molecule has 0 saturated carbocycles. The molecule has 0 saturated heterocycles. The van der Waals surface area contributed by atoms with Crippen LogP contribution in [0.5, 0.6) is 0 Å². The number of carboxylic acids is 1. The highest BCUT2D eigenvalue weighted by atomic mass is 79.9. The van der Waals surface area contributed by atoms with Gasteiger partial charge in [-0.3, -0.25) is 0 Å². The summed E-state index contributed by atoms with van der Waals surface area (Å²) in [5, 5.41) is 12.3. The standard InChI is InChI=1S/C15H13BrFNO2/c16-12-2-1-3-13(14(12)15(19)20)18-9-8-10-4-6-11(17)7-5-10/h1-7,18H,8-9H2,(H,19,20). The zero-order valence-corrected chi connectivity index (χ0v) is 12.2. The molecule has 0 spiro atoms. The number of hydrogen-bond donors (Lipinski definition) is 2. The molecule has 0 aliphatic heterocycles. The van der Waals surface area contributed by atoms with Crippen LogP contribution in [0.1, 0.15) is 15.9 Å². The Hall–Kier alpha value is -1.88. The molecule has 0 bridgehead atoms. The molecule has 0 atom stereocenters. The van der Waals surface area contributed by atoms with Crippen LogP contribution in [0.25, 0.3) is 0 Å². The van der Waals surface area contributed by atoms with Crippen molar-refractivity contribution in [3.05, 3.63) is 63.9 Å². The summed E-state index contributed by atoms with van der Waals surface area (Å²) in [6, 6.07) is 11.4. The van der Waals surface area contributed by atoms with Gasteiger partial charge in [-0.25, -0.2) is 9.18 Å². The zero-order valence-electron chi connectivity index (χ0n) is 10.6. The van der Waals surface area contributed by atoms with Crippen LogP contribution in [0.2, 0.25) is 0 Å². The Balaban J connectivity index is 2.02. The summed E-state index contributed by atoms with van der Waals surface area (Å²) in [6.45, 7) is 0.572. The van der Waals surface area contributed by atoms with E-state index < -0.39 is 5.97 Å². The SMILES string of the molecule is O=C(O)c1c(Br)cccc1NCCc1ccc(F)cc1. The number of anilines is 1. The highest BCUT2D eigenvalue weighted by Gasteiger charge is 2.13. The van der Waals surface area contributed by atoms with Gasteiger partial charge in [0.05, 0.1) is 5.56 Å². The van der Waals surface area contributed by atoms with Crippen LogP contribution in [0.3, 0.4) is 0 Å². The van der Waals surface area contributed by atoms with Gasteiger partial charge in [0, 0.05) is 16.7 Å². The summed E-state index contributed by atoms with van der Waals surface area (Å²) in [7, 11) is 0. The van der Waals surface area contributed by atoms with E-state index in [9.17, 15) is 14.3 Å². The lowest BCUT2D eigenvalue weighted by Crippen LogP contribution is -2.10. The number of aromatic carboxylic acids is 1. The van der Waals surface area contributed by atoms with E-state index in [-0.39, 0.29) is 11.4 Å². The average Bonchev–Trinajstić information content (AvgIpc) is 2.40. The lowest BCUT2D eigenvalue weighted by Gasteiger charge is -2.11. The number of hydrogen-bond acceptors (Lipinski definition) is 2. The third-order valence-corrected chi connectivity index (χ3v) is 3.53. The van der Waals surface area contributed by atoms with Gasteiger partial charge in [-0.2, -0.15) is 0 Å². The molecule has 0 fully saturated rings. The van der Waals surface area contributed by atoms with Gasteiger partial charge in [0.25, 0.3) is 0 Å². The molecule has 0 aromatic heterocycles. The smallest absolute Gasteiger partial charge is 0.338 e. The molecule has 0 amide bonds. The fourth-order valence-corrected chi connectivity index (χ4v) is 2.42. The van der Waals surface area contributed by atoms with Crippen molar-refractivity contribution in [2.45, 2.75) is 6.42 Å². The first-order valence-corrected chi connectivity index (χ1v) is 6.87. The Kier molecular flexibility index (Phi) is 4.74. The summed E-state index contributed by atoms with van der Waals surface area (Å²) >= 11 is 3.23. The maximum Gasteiger partial charge on any atom is 0.338 e. The first kappa shape index (κ1) is 14.5. The summed E-state index contributed by atoms with van der Waals surface area (Å²) in [6.07, 6.45) is 0.686. The Labute approximate surface area is 124 Å². The minimum Gasteiger partial charge on any atom is -0.478 e. The molecule has 104 valence electrons. The minimum absolute atomic E-state index is 0.214. The van der Waals surface area contributed by atoms with Crippen molar-refractivity contribution < 1.29 is 14.3 Å². The van der Waals surface area contributed by atoms with Crippen LogP contribution in [-0.2, 0) is 6.42 Å². The normalized spacial score (nSPS) is 10.3. The van der Waals surface area contributed by atoms with Crippen molar-refractivity contribution in [1.29, 1.82) is 0 Å². The van der Waals surface area contributed by atoms with Crippen LogP contribution >= 0.6 is 15.9 Å². The molecule has 2 rings (SSSR count). The van der Waals surface area contributed by atoms with Gasteiger partial charge in [-0.1, -0.05) is 18.2 Å². The van der Waals surface area contributed by atoms with Gasteiger partial charge in [-0.05, 0) is 52.2 Å². The molecule has 5 heteroatoms. The molecule has 0 radical (unpaired) electrons. The quantitative estimate of drug-likeness (QED) is 0.868. The van der Waals surface area contributed by atoms with Crippen molar-refractivity contribution in [1.82, 2.24) is 0 Å². The Morgan fingerprint density at radius 1 is 1.20 bits per heavy atom. The van der Waals surface area contributed by atoms with Crippen LogP contribution in [0.15, 0.2) is 46.9 Å². The lowest BCUT2D eigenvalue weighted by atomic mass is 10.1. The molecule has 2 aromatic rings. The molecule has 20 heavy (non-hydrogen) atoms. The van der Waals surface area contributed by atoms with E-state index in [4.69, 9.17) is 0 Å². The van der Waals surface area contributed by atoms with Gasteiger partial charge in [0.15, 0.2) is 0 Å². The fraction of sp³-hybridized carbons (Fsp3) is 0.133. The van der Waals surface area contributed by atoms with E-state index in [0.717, 1.165) is 5.56 Å². The third-order valence-electron chi connectivity index (χ3n) is 2.87. The van der Waals surface area contributed by atoms with Crippen molar-refractivity contribution in [2.24, 2.45) is 0 Å². The predicted octanol–water partition coefficient (Wildman–Crippen LogP) is 3.94. The third kappa shape index (κ3) is 3.57. The van der Waals surface area contributed by atoms with Gasteiger partial charge in [-0.15, -0.1) is 0 Å². The van der Waals surface area contributed by atoms with Crippen LogP contribution in [0, 0.1) is 5.82 Å². The van der Waals surface area contributed by atoms with E-state index in [2.05, 4.69) is 21.2 Å². The van der Waals surface area contributed by atoms with Crippen molar-refractivity contribution in [3.63, 3.8) is 0 Å². The molecular formula is C15H13BrFNO2. The maximum absolute atomic E-state index is 12.8. The van der Waals surface area contributed by atoms with E-state index in [1.54, 1.807) is 30.3 Å². The summed E-state index contributed by atoms with van der Waals surface area (Å²) in [5.74, 6) is -1.25. The van der Waals surface area contributed by atoms with Crippen LogP contribution in [0.4, 0.5) is 10.1 Å². The molecule has 0 heterocycles. The average molecular weight is 338 g/mol. The molecule has 2 N–H and O–H groups in total. The molecule has 0 aliphatic rings. The highest BCUT2D eigenvalue weighted by molar-refractivity contribution is 9.10. The minimum atomic E-state index is -0.984. The lowest BCUT2D eigenvalue weighted by molar-refractivity contribution is 0.0697. The fourth-order valence-electron chi connectivity index (χ4n) is 1.88. The molecular weight excluding hydrogens is 325 g/mol. The van der Waals surface area contributed by atoms with Crippen molar-refractivity contribution in [3.8, 4) is 0 Å². The molecule has 0 unspecified atom stereocenters. The predicted molar refractivity (Wildman–Crippen MR) is 79.7 cm³/mol. The topological polar surface area (TPSA) is 49.3 Å². The number of benzene rings is 2. The highest BCUT2D eigenvalue weighted by Crippen LogP contribution is 2.24. The molecule has 2 aromatic carbocycles. The van der Waals surface area contributed by atoms with Gasteiger partial charge < -0.3 is 10.4 Å². The number of nitrogens with one attached hydrogen (secondary N) is 1. The first-order chi connectivity index (χ1) is 9.58. The monoisotopic (exact) mass is 337 g/mol. The zero-order chi connectivity index (χ0) is 14.5. The Morgan fingerprint density at radius 3 is 2.55 bits per heavy atom. The van der Waals surface area contributed by atoms with E-state index >= 15 is 0 Å². The van der Waals surface area contributed by atoms with E-state index in [0.29, 0.717) is 23.1 Å². The van der Waals surface area contributed by atoms with Gasteiger partial charge in [0.2, 0.25) is 0 Å².